The second-order valence-corrected chi connectivity index (χ2v) is 4.74. The molecule has 0 saturated heterocycles. The van der Waals surface area contributed by atoms with Crippen molar-refractivity contribution in [2.75, 3.05) is 6.54 Å². The van der Waals surface area contributed by atoms with E-state index in [1.54, 1.807) is 0 Å². The van der Waals surface area contributed by atoms with Crippen molar-refractivity contribution in [3.05, 3.63) is 0 Å². The van der Waals surface area contributed by atoms with Gasteiger partial charge in [-0.15, -0.1) is 0 Å². The van der Waals surface area contributed by atoms with Gasteiger partial charge in [0.1, 0.15) is 0 Å². The highest BCUT2D eigenvalue weighted by atomic mass is 14.9. The Morgan fingerprint density at radius 2 is 1.93 bits per heavy atom. The van der Waals surface area contributed by atoms with Crippen molar-refractivity contribution < 1.29 is 0 Å². The van der Waals surface area contributed by atoms with Gasteiger partial charge in [-0.1, -0.05) is 52.4 Å². The molecule has 1 saturated carbocycles. The van der Waals surface area contributed by atoms with E-state index in [4.69, 9.17) is 0 Å². The Morgan fingerprint density at radius 3 is 2.50 bits per heavy atom. The van der Waals surface area contributed by atoms with Crippen LogP contribution in [0.15, 0.2) is 0 Å². The third kappa shape index (κ3) is 4.45. The maximum absolute atomic E-state index is 3.56. The molecule has 0 aromatic carbocycles. The minimum absolute atomic E-state index is 0.779. The maximum atomic E-state index is 3.56. The molecule has 1 rings (SSSR count). The number of nitrogens with one attached hydrogen (secondary N) is 1. The summed E-state index contributed by atoms with van der Waals surface area (Å²) in [5, 5.41) is 3.56. The predicted octanol–water partition coefficient (Wildman–Crippen LogP) is 3.74. The largest absolute Gasteiger partial charge is 0.314 e. The van der Waals surface area contributed by atoms with Crippen molar-refractivity contribution >= 4 is 0 Å². The Labute approximate surface area is 89.7 Å². The summed E-state index contributed by atoms with van der Waals surface area (Å²) in [7, 11) is 0. The molecule has 1 heteroatoms. The molecule has 1 nitrogen and oxygen atoms in total. The van der Waals surface area contributed by atoms with Crippen molar-refractivity contribution in [2.24, 2.45) is 5.92 Å². The lowest BCUT2D eigenvalue weighted by molar-refractivity contribution is 0.414. The lowest BCUT2D eigenvalue weighted by Gasteiger charge is -2.16. The van der Waals surface area contributed by atoms with Gasteiger partial charge in [-0.25, -0.2) is 0 Å². The van der Waals surface area contributed by atoms with Crippen LogP contribution in [0.2, 0.25) is 0 Å². The van der Waals surface area contributed by atoms with E-state index in [1.165, 1.54) is 51.4 Å². The normalized spacial score (nSPS) is 20.1. The van der Waals surface area contributed by atoms with Crippen LogP contribution >= 0.6 is 0 Å². The van der Waals surface area contributed by atoms with Gasteiger partial charge in [0.25, 0.3) is 0 Å². The summed E-state index contributed by atoms with van der Waals surface area (Å²) in [6.45, 7) is 5.63. The van der Waals surface area contributed by atoms with Crippen molar-refractivity contribution in [2.45, 2.75) is 71.3 Å². The van der Waals surface area contributed by atoms with E-state index in [-0.39, 0.29) is 0 Å². The lowest BCUT2D eigenvalue weighted by atomic mass is 9.98. The number of hydrogen-bond acceptors (Lipinski definition) is 1. The molecular formula is C13H27N. The second kappa shape index (κ2) is 7.28. The smallest absolute Gasteiger partial charge is 0.00643 e. The molecule has 1 atom stereocenters. The standard InChI is InChI=1S/C13H27N/c1-3-13(14-4-2)11-7-10-12-8-5-6-9-12/h12-14H,3-11H2,1-2H3. The van der Waals surface area contributed by atoms with Crippen LogP contribution in [0.3, 0.4) is 0 Å². The molecule has 1 aliphatic rings. The van der Waals surface area contributed by atoms with E-state index in [9.17, 15) is 0 Å². The third-order valence-electron chi connectivity index (χ3n) is 3.63. The first kappa shape index (κ1) is 12.0. The van der Waals surface area contributed by atoms with E-state index in [0.717, 1.165) is 18.5 Å². The molecule has 14 heavy (non-hydrogen) atoms. The zero-order valence-electron chi connectivity index (χ0n) is 10.0. The first-order chi connectivity index (χ1) is 6.86. The summed E-state index contributed by atoms with van der Waals surface area (Å²) in [5.74, 6) is 1.08. The molecule has 1 unspecified atom stereocenters. The molecule has 0 amide bonds. The summed E-state index contributed by atoms with van der Waals surface area (Å²) in [5.41, 5.74) is 0. The highest BCUT2D eigenvalue weighted by molar-refractivity contribution is 4.69. The first-order valence-corrected chi connectivity index (χ1v) is 6.60. The van der Waals surface area contributed by atoms with Crippen molar-refractivity contribution in [3.8, 4) is 0 Å². The molecule has 0 aromatic rings. The zero-order chi connectivity index (χ0) is 10.2. The van der Waals surface area contributed by atoms with Crippen LogP contribution in [0.5, 0.6) is 0 Å². The molecule has 1 fully saturated rings. The Hall–Kier alpha value is -0.0400. The fourth-order valence-corrected chi connectivity index (χ4v) is 2.69. The molecule has 1 aliphatic carbocycles. The van der Waals surface area contributed by atoms with E-state index in [2.05, 4.69) is 19.2 Å². The third-order valence-corrected chi connectivity index (χ3v) is 3.63. The van der Waals surface area contributed by atoms with Gasteiger partial charge in [-0.3, -0.25) is 0 Å². The minimum Gasteiger partial charge on any atom is -0.314 e. The van der Waals surface area contributed by atoms with E-state index in [1.807, 2.05) is 0 Å². The lowest BCUT2D eigenvalue weighted by Crippen LogP contribution is -2.27. The SMILES string of the molecule is CCNC(CC)CCCC1CCCC1. The summed E-state index contributed by atoms with van der Waals surface area (Å²) in [4.78, 5) is 0. The Bertz CT molecular complexity index is 127. The topological polar surface area (TPSA) is 12.0 Å². The summed E-state index contributed by atoms with van der Waals surface area (Å²) < 4.78 is 0. The quantitative estimate of drug-likeness (QED) is 0.655. The average Bonchev–Trinajstić information content (AvgIpc) is 2.69. The molecule has 1 N–H and O–H groups in total. The van der Waals surface area contributed by atoms with E-state index >= 15 is 0 Å². The van der Waals surface area contributed by atoms with Crippen LogP contribution in [-0.4, -0.2) is 12.6 Å². The number of rotatable bonds is 7. The molecule has 0 aliphatic heterocycles. The average molecular weight is 197 g/mol. The van der Waals surface area contributed by atoms with E-state index < -0.39 is 0 Å². The van der Waals surface area contributed by atoms with Gasteiger partial charge >= 0.3 is 0 Å². The Balaban J connectivity index is 2.00. The fraction of sp³-hybridized carbons (Fsp3) is 1.00. The van der Waals surface area contributed by atoms with Gasteiger partial charge in [0.2, 0.25) is 0 Å². The summed E-state index contributed by atoms with van der Waals surface area (Å²) in [6, 6.07) is 0.779. The molecule has 0 aromatic heterocycles. The van der Waals surface area contributed by atoms with Crippen LogP contribution in [0.25, 0.3) is 0 Å². The monoisotopic (exact) mass is 197 g/mol. The molecule has 0 radical (unpaired) electrons. The highest BCUT2D eigenvalue weighted by Crippen LogP contribution is 2.29. The van der Waals surface area contributed by atoms with Gasteiger partial charge in [0.15, 0.2) is 0 Å². The molecule has 0 spiro atoms. The first-order valence-electron chi connectivity index (χ1n) is 6.60. The van der Waals surface area contributed by atoms with E-state index in [0.29, 0.717) is 0 Å². The molecule has 0 bridgehead atoms. The van der Waals surface area contributed by atoms with Crippen LogP contribution in [0.4, 0.5) is 0 Å². The van der Waals surface area contributed by atoms with Crippen molar-refractivity contribution in [1.29, 1.82) is 0 Å². The maximum Gasteiger partial charge on any atom is 0.00643 e. The van der Waals surface area contributed by atoms with Crippen molar-refractivity contribution in [1.82, 2.24) is 5.32 Å². The minimum atomic E-state index is 0.779. The van der Waals surface area contributed by atoms with Crippen LogP contribution < -0.4 is 5.32 Å². The van der Waals surface area contributed by atoms with Gasteiger partial charge < -0.3 is 5.32 Å². The van der Waals surface area contributed by atoms with Gasteiger partial charge in [0.05, 0.1) is 0 Å². The Kier molecular flexibility index (Phi) is 6.25. The second-order valence-electron chi connectivity index (χ2n) is 4.74. The molecule has 0 heterocycles. The molecule has 84 valence electrons. The summed E-state index contributed by atoms with van der Waals surface area (Å²) >= 11 is 0. The van der Waals surface area contributed by atoms with Crippen LogP contribution in [0, 0.1) is 5.92 Å². The molecular weight excluding hydrogens is 170 g/mol. The van der Waals surface area contributed by atoms with Gasteiger partial charge in [-0.2, -0.15) is 0 Å². The highest BCUT2D eigenvalue weighted by Gasteiger charge is 2.14. The van der Waals surface area contributed by atoms with Gasteiger partial charge in [-0.05, 0) is 25.3 Å². The van der Waals surface area contributed by atoms with Crippen LogP contribution in [0.1, 0.15) is 65.2 Å². The van der Waals surface area contributed by atoms with Gasteiger partial charge in [0, 0.05) is 6.04 Å². The Morgan fingerprint density at radius 1 is 1.21 bits per heavy atom. The fourth-order valence-electron chi connectivity index (χ4n) is 2.69. The number of hydrogen-bond donors (Lipinski definition) is 1. The predicted molar refractivity (Wildman–Crippen MR) is 63.6 cm³/mol. The van der Waals surface area contributed by atoms with Crippen LogP contribution in [-0.2, 0) is 0 Å². The summed E-state index contributed by atoms with van der Waals surface area (Å²) in [6.07, 6.45) is 11.6. The van der Waals surface area contributed by atoms with Crippen molar-refractivity contribution in [3.63, 3.8) is 0 Å². The zero-order valence-corrected chi connectivity index (χ0v) is 10.0.